The van der Waals surface area contributed by atoms with Crippen molar-refractivity contribution in [2.24, 2.45) is 0 Å². The largest absolute Gasteiger partial charge is 0.394 e. The summed E-state index contributed by atoms with van der Waals surface area (Å²) in [7, 11) is 0. The van der Waals surface area contributed by atoms with E-state index in [9.17, 15) is 40.5 Å². The van der Waals surface area contributed by atoms with Crippen molar-refractivity contribution in [3.05, 3.63) is 48.6 Å². The van der Waals surface area contributed by atoms with Crippen LogP contribution in [0.3, 0.4) is 0 Å². The maximum atomic E-state index is 13.2. The Labute approximate surface area is 459 Å². The minimum atomic E-state index is -1.68. The normalized spacial score (nSPS) is 20.0. The SMILES string of the molecule is CCCCCCCCCCCCC/C=C/CC/C=C/CC/C=C/CCCC(O)C(O)C(COC1OC(CO)C(O)C(O)C1O)NC(=O)C(O)CCCCCCCCCC/C=C\CCCCCCCCCCCCCC. The Bertz CT molecular complexity index is 1360. The van der Waals surface area contributed by atoms with Crippen molar-refractivity contribution in [1.82, 2.24) is 5.32 Å². The first-order chi connectivity index (χ1) is 36.7. The minimum absolute atomic E-state index is 0.240. The van der Waals surface area contributed by atoms with E-state index in [0.717, 1.165) is 51.4 Å². The zero-order valence-corrected chi connectivity index (χ0v) is 48.3. The van der Waals surface area contributed by atoms with Crippen molar-refractivity contribution in [1.29, 1.82) is 0 Å². The Morgan fingerprint density at radius 3 is 1.19 bits per heavy atom. The van der Waals surface area contributed by atoms with Crippen LogP contribution in [0.2, 0.25) is 0 Å². The standard InChI is InChI=1S/C64H119NO10/c1-3-5-7-9-11-13-15-17-19-21-23-25-27-29-31-33-35-37-39-41-43-45-47-49-51-56(67)59(69)55(54-74-64-62(72)61(71)60(70)58(53-66)75-64)65-63(73)57(68)52-50-48-46-44-42-40-38-36-34-32-30-28-26-24-22-20-18-16-14-12-10-8-6-4-2/h27,29-30,32,35,37,43,45,55-62,64,66-72H,3-26,28,31,33-34,36,38-42,44,46-54H2,1-2H3,(H,65,73)/b29-27+,32-30-,37-35+,45-43+. The van der Waals surface area contributed by atoms with Crippen LogP contribution < -0.4 is 5.32 Å². The molecule has 8 N–H and O–H groups in total. The molecule has 0 saturated carbocycles. The fourth-order valence-corrected chi connectivity index (χ4v) is 9.94. The van der Waals surface area contributed by atoms with Gasteiger partial charge in [0.1, 0.15) is 36.6 Å². The molecule has 9 atom stereocenters. The average molecular weight is 1060 g/mol. The van der Waals surface area contributed by atoms with Gasteiger partial charge in [-0.05, 0) is 89.9 Å². The monoisotopic (exact) mass is 1060 g/mol. The Morgan fingerprint density at radius 2 is 0.800 bits per heavy atom. The van der Waals surface area contributed by atoms with E-state index >= 15 is 0 Å². The van der Waals surface area contributed by atoms with Gasteiger partial charge in [-0.1, -0.05) is 242 Å². The second-order valence-corrected chi connectivity index (χ2v) is 22.1. The van der Waals surface area contributed by atoms with E-state index in [1.165, 1.54) is 186 Å². The Hall–Kier alpha value is -1.93. The second-order valence-electron chi connectivity index (χ2n) is 22.1. The summed E-state index contributed by atoms with van der Waals surface area (Å²) in [6.45, 7) is 3.46. The molecule has 11 nitrogen and oxygen atoms in total. The highest BCUT2D eigenvalue weighted by atomic mass is 16.7. The van der Waals surface area contributed by atoms with Crippen LogP contribution in [-0.4, -0.2) is 110 Å². The molecule has 1 saturated heterocycles. The van der Waals surface area contributed by atoms with Crippen LogP contribution in [-0.2, 0) is 14.3 Å². The third-order valence-electron chi connectivity index (χ3n) is 15.1. The van der Waals surface area contributed by atoms with E-state index in [1.807, 2.05) is 0 Å². The van der Waals surface area contributed by atoms with Crippen molar-refractivity contribution < 1.29 is 50.0 Å². The van der Waals surface area contributed by atoms with Crippen LogP contribution in [0.1, 0.15) is 284 Å². The molecule has 0 aromatic carbocycles. The third kappa shape index (κ3) is 40.9. The highest BCUT2D eigenvalue weighted by Gasteiger charge is 2.44. The summed E-state index contributed by atoms with van der Waals surface area (Å²) in [4.78, 5) is 13.2. The van der Waals surface area contributed by atoms with Crippen molar-refractivity contribution in [2.75, 3.05) is 13.2 Å². The van der Waals surface area contributed by atoms with Gasteiger partial charge in [0, 0.05) is 0 Å². The lowest BCUT2D eigenvalue weighted by atomic mass is 9.98. The number of hydrogen-bond donors (Lipinski definition) is 8. The van der Waals surface area contributed by atoms with Crippen molar-refractivity contribution in [2.45, 2.75) is 339 Å². The lowest BCUT2D eigenvalue weighted by molar-refractivity contribution is -0.303. The molecule has 1 fully saturated rings. The topological polar surface area (TPSA) is 189 Å². The fraction of sp³-hybridized carbons (Fsp3) is 0.859. The highest BCUT2D eigenvalue weighted by molar-refractivity contribution is 5.80. The van der Waals surface area contributed by atoms with Crippen LogP contribution in [0, 0.1) is 0 Å². The van der Waals surface area contributed by atoms with Crippen molar-refractivity contribution >= 4 is 5.91 Å². The van der Waals surface area contributed by atoms with Crippen molar-refractivity contribution in [3.8, 4) is 0 Å². The van der Waals surface area contributed by atoms with Gasteiger partial charge in [-0.15, -0.1) is 0 Å². The molecule has 1 aliphatic heterocycles. The summed E-state index contributed by atoms with van der Waals surface area (Å²) < 4.78 is 11.1. The van der Waals surface area contributed by atoms with E-state index in [1.54, 1.807) is 0 Å². The van der Waals surface area contributed by atoms with E-state index in [-0.39, 0.29) is 12.8 Å². The predicted molar refractivity (Wildman–Crippen MR) is 311 cm³/mol. The van der Waals surface area contributed by atoms with Crippen LogP contribution >= 0.6 is 0 Å². The second kappa shape index (κ2) is 52.8. The third-order valence-corrected chi connectivity index (χ3v) is 15.1. The molecule has 1 heterocycles. The number of carbonyl (C=O) groups excluding carboxylic acids is 1. The molecule has 0 aliphatic carbocycles. The molecule has 0 radical (unpaired) electrons. The van der Waals surface area contributed by atoms with Gasteiger partial charge in [-0.2, -0.15) is 0 Å². The summed E-state index contributed by atoms with van der Waals surface area (Å²) >= 11 is 0. The molecule has 75 heavy (non-hydrogen) atoms. The van der Waals surface area contributed by atoms with E-state index in [0.29, 0.717) is 19.3 Å². The Balaban J connectivity index is 2.32. The quantitative estimate of drug-likeness (QED) is 0.0215. The lowest BCUT2D eigenvalue weighted by Gasteiger charge is -2.40. The van der Waals surface area contributed by atoms with Gasteiger partial charge in [0.05, 0.1) is 25.4 Å². The smallest absolute Gasteiger partial charge is 0.249 e. The first kappa shape index (κ1) is 71.1. The molecule has 0 aromatic rings. The summed E-state index contributed by atoms with van der Waals surface area (Å²) in [6.07, 6.45) is 56.0. The molecular weight excluding hydrogens is 943 g/mol. The maximum Gasteiger partial charge on any atom is 0.249 e. The van der Waals surface area contributed by atoms with E-state index in [2.05, 4.69) is 67.8 Å². The van der Waals surface area contributed by atoms with E-state index < -0.39 is 74.2 Å². The molecule has 0 aromatic heterocycles. The predicted octanol–water partition coefficient (Wildman–Crippen LogP) is 14.0. The number of unbranched alkanes of at least 4 members (excludes halogenated alkanes) is 34. The van der Waals surface area contributed by atoms with Gasteiger partial charge in [0.15, 0.2) is 6.29 Å². The number of hydrogen-bond acceptors (Lipinski definition) is 10. The molecule has 1 rings (SSSR count). The van der Waals surface area contributed by atoms with Gasteiger partial charge in [-0.25, -0.2) is 0 Å². The number of allylic oxidation sites excluding steroid dienone is 8. The number of ether oxygens (including phenoxy) is 2. The number of aliphatic hydroxyl groups is 7. The van der Waals surface area contributed by atoms with Gasteiger partial charge in [0.2, 0.25) is 5.91 Å². The maximum absolute atomic E-state index is 13.2. The molecular formula is C64H119NO10. The van der Waals surface area contributed by atoms with Gasteiger partial charge in [0.25, 0.3) is 0 Å². The molecule has 0 spiro atoms. The molecule has 1 amide bonds. The number of nitrogens with one attached hydrogen (secondary N) is 1. The fourth-order valence-electron chi connectivity index (χ4n) is 9.94. The number of rotatable bonds is 54. The average Bonchev–Trinajstić information content (AvgIpc) is 3.41. The van der Waals surface area contributed by atoms with Crippen LogP contribution in [0.4, 0.5) is 0 Å². The summed E-state index contributed by atoms with van der Waals surface area (Å²) in [5.74, 6) is -0.713. The van der Waals surface area contributed by atoms with Crippen LogP contribution in [0.5, 0.6) is 0 Å². The number of aliphatic hydroxyl groups excluding tert-OH is 7. The zero-order chi connectivity index (χ0) is 54.7. The summed E-state index contributed by atoms with van der Waals surface area (Å²) in [5.41, 5.74) is 0. The molecule has 9 unspecified atom stereocenters. The molecule has 0 bridgehead atoms. The summed E-state index contributed by atoms with van der Waals surface area (Å²) in [5, 5.41) is 76.3. The molecule has 440 valence electrons. The Kier molecular flexibility index (Phi) is 50.0. The molecule has 11 heteroatoms. The minimum Gasteiger partial charge on any atom is -0.394 e. The first-order valence-corrected chi connectivity index (χ1v) is 31.5. The zero-order valence-electron chi connectivity index (χ0n) is 48.3. The lowest BCUT2D eigenvalue weighted by Crippen LogP contribution is -2.60. The van der Waals surface area contributed by atoms with Gasteiger partial charge in [-0.3, -0.25) is 4.79 Å². The van der Waals surface area contributed by atoms with E-state index in [4.69, 9.17) is 9.47 Å². The number of amides is 1. The first-order valence-electron chi connectivity index (χ1n) is 31.5. The van der Waals surface area contributed by atoms with Gasteiger partial charge >= 0.3 is 0 Å². The van der Waals surface area contributed by atoms with Crippen LogP contribution in [0.15, 0.2) is 48.6 Å². The van der Waals surface area contributed by atoms with Crippen molar-refractivity contribution in [3.63, 3.8) is 0 Å². The van der Waals surface area contributed by atoms with Crippen LogP contribution in [0.25, 0.3) is 0 Å². The summed E-state index contributed by atoms with van der Waals surface area (Å²) in [6, 6.07) is -1.20. The Morgan fingerprint density at radius 1 is 0.453 bits per heavy atom. The highest BCUT2D eigenvalue weighted by Crippen LogP contribution is 2.23. The molecule has 1 aliphatic rings. The van der Waals surface area contributed by atoms with Gasteiger partial charge < -0.3 is 50.5 Å². The number of carbonyl (C=O) groups is 1.